The molecule has 6 rings (SSSR count). The van der Waals surface area contributed by atoms with Gasteiger partial charge < -0.3 is 5.11 Å². The second kappa shape index (κ2) is 5.06. The summed E-state index contributed by atoms with van der Waals surface area (Å²) in [7, 11) is 0. The lowest BCUT2D eigenvalue weighted by Gasteiger charge is -2.48. The smallest absolute Gasteiger partial charge is 0.123 e. The summed E-state index contributed by atoms with van der Waals surface area (Å²) < 4.78 is 0. The van der Waals surface area contributed by atoms with Gasteiger partial charge in [-0.1, -0.05) is 62.2 Å². The van der Waals surface area contributed by atoms with Crippen molar-refractivity contribution in [1.82, 2.24) is 0 Å². The van der Waals surface area contributed by atoms with Crippen LogP contribution in [0.1, 0.15) is 62.3 Å². The Morgan fingerprint density at radius 3 is 2.28 bits per heavy atom. The second-order valence-electron chi connectivity index (χ2n) is 10.8. The van der Waals surface area contributed by atoms with Gasteiger partial charge in [-0.05, 0) is 89.6 Å². The molecule has 1 N–H and O–H groups in total. The van der Waals surface area contributed by atoms with Gasteiger partial charge in [-0.15, -0.1) is 0 Å². The maximum absolute atomic E-state index is 11.1. The van der Waals surface area contributed by atoms with Crippen LogP contribution in [0.25, 0.3) is 21.9 Å². The second-order valence-corrected chi connectivity index (χ2v) is 10.8. The number of phenols is 1. The molecule has 29 heavy (non-hydrogen) atoms. The highest BCUT2D eigenvalue weighted by atomic mass is 16.3. The van der Waals surface area contributed by atoms with Crippen LogP contribution in [-0.4, -0.2) is 5.11 Å². The van der Waals surface area contributed by atoms with E-state index in [9.17, 15) is 5.11 Å². The molecule has 1 heteroatoms. The van der Waals surface area contributed by atoms with E-state index in [2.05, 4.69) is 77.1 Å². The van der Waals surface area contributed by atoms with Crippen molar-refractivity contribution in [1.29, 1.82) is 0 Å². The van der Waals surface area contributed by atoms with Crippen molar-refractivity contribution < 1.29 is 5.11 Å². The van der Waals surface area contributed by atoms with Crippen LogP contribution in [0.2, 0.25) is 0 Å². The molecule has 3 aliphatic carbocycles. The third kappa shape index (κ3) is 1.76. The molecule has 2 saturated carbocycles. The fourth-order valence-electron chi connectivity index (χ4n) is 7.65. The minimum Gasteiger partial charge on any atom is -0.507 e. The van der Waals surface area contributed by atoms with Crippen LogP contribution in [0.15, 0.2) is 42.5 Å². The fourth-order valence-corrected chi connectivity index (χ4v) is 7.65. The van der Waals surface area contributed by atoms with E-state index in [1.807, 2.05) is 0 Å². The Kier molecular flexibility index (Phi) is 3.07. The van der Waals surface area contributed by atoms with Gasteiger partial charge in [-0.2, -0.15) is 0 Å². The number of fused-ring (bicyclic) bond motifs is 10. The van der Waals surface area contributed by atoms with E-state index in [1.54, 1.807) is 0 Å². The highest BCUT2D eigenvalue weighted by Crippen LogP contribution is 2.78. The maximum atomic E-state index is 11.1. The molecule has 0 heterocycles. The Labute approximate surface area is 173 Å². The SMILES string of the molecule is Cc1ccc2c(c1)C1(CC3CCC1(C)C3(C)C)c1cc(O)c3cc(C)ccc3c1-2. The lowest BCUT2D eigenvalue weighted by Crippen LogP contribution is -2.44. The zero-order chi connectivity index (χ0) is 20.3. The van der Waals surface area contributed by atoms with E-state index < -0.39 is 0 Å². The third-order valence-corrected chi connectivity index (χ3v) is 9.56. The fraction of sp³-hybridized carbons (Fsp3) is 0.429. The van der Waals surface area contributed by atoms with E-state index in [1.165, 1.54) is 58.0 Å². The first-order chi connectivity index (χ1) is 13.7. The van der Waals surface area contributed by atoms with E-state index >= 15 is 0 Å². The Hall–Kier alpha value is -2.28. The molecule has 3 aromatic carbocycles. The molecule has 0 amide bonds. The molecule has 0 aromatic heterocycles. The molecular formula is C28H30O. The first-order valence-corrected chi connectivity index (χ1v) is 11.1. The van der Waals surface area contributed by atoms with Crippen molar-refractivity contribution in [2.24, 2.45) is 16.7 Å². The van der Waals surface area contributed by atoms with Gasteiger partial charge in [0.1, 0.15) is 5.75 Å². The molecule has 3 aliphatic rings. The summed E-state index contributed by atoms with van der Waals surface area (Å²) in [5.74, 6) is 1.18. The van der Waals surface area contributed by atoms with E-state index in [4.69, 9.17) is 0 Å². The molecule has 3 unspecified atom stereocenters. The molecule has 2 fully saturated rings. The highest BCUT2D eigenvalue weighted by molar-refractivity contribution is 6.05. The van der Waals surface area contributed by atoms with Crippen LogP contribution in [-0.2, 0) is 5.41 Å². The predicted molar refractivity (Wildman–Crippen MR) is 121 cm³/mol. The lowest BCUT2D eigenvalue weighted by molar-refractivity contribution is 0.0989. The molecule has 148 valence electrons. The molecule has 0 aliphatic heterocycles. The van der Waals surface area contributed by atoms with Gasteiger partial charge in [0.05, 0.1) is 0 Å². The normalized spacial score (nSPS) is 30.9. The summed E-state index contributed by atoms with van der Waals surface area (Å²) in [6.45, 7) is 11.9. The van der Waals surface area contributed by atoms with Crippen molar-refractivity contribution >= 4 is 10.8 Å². The molecule has 3 atom stereocenters. The van der Waals surface area contributed by atoms with Crippen LogP contribution in [0, 0.1) is 30.6 Å². The third-order valence-electron chi connectivity index (χ3n) is 9.56. The number of aryl methyl sites for hydroxylation is 2. The summed E-state index contributed by atoms with van der Waals surface area (Å²) in [5, 5.41) is 13.3. The lowest BCUT2D eigenvalue weighted by atomic mass is 9.54. The van der Waals surface area contributed by atoms with Gasteiger partial charge in [-0.25, -0.2) is 0 Å². The van der Waals surface area contributed by atoms with E-state index in [0.717, 1.165) is 11.3 Å². The first-order valence-electron chi connectivity index (χ1n) is 11.1. The first kappa shape index (κ1) is 17.6. The zero-order valence-electron chi connectivity index (χ0n) is 18.2. The Bertz CT molecular complexity index is 1220. The number of phenolic OH excluding ortho intramolecular Hbond substituents is 1. The number of benzene rings is 3. The highest BCUT2D eigenvalue weighted by Gasteiger charge is 2.71. The summed E-state index contributed by atoms with van der Waals surface area (Å²) >= 11 is 0. The minimum atomic E-state index is 0.00661. The van der Waals surface area contributed by atoms with Crippen molar-refractivity contribution in [3.05, 3.63) is 64.7 Å². The largest absolute Gasteiger partial charge is 0.507 e. The quantitative estimate of drug-likeness (QED) is 0.433. The average molecular weight is 383 g/mol. The van der Waals surface area contributed by atoms with Gasteiger partial charge in [-0.3, -0.25) is 0 Å². The monoisotopic (exact) mass is 382 g/mol. The van der Waals surface area contributed by atoms with Gasteiger partial charge in [0.2, 0.25) is 0 Å². The molecule has 1 spiro atoms. The van der Waals surface area contributed by atoms with Crippen LogP contribution >= 0.6 is 0 Å². The van der Waals surface area contributed by atoms with Crippen molar-refractivity contribution in [3.8, 4) is 16.9 Å². The standard InChI is InChI=1S/C28H30O/c1-16-6-8-19-21(12-16)24(29)14-23-25(19)20-9-7-17(2)13-22(20)28(23)15-18-10-11-27(28,5)26(18,3)4/h6-9,12-14,18,29H,10-11,15H2,1-5H3. The number of rotatable bonds is 0. The summed E-state index contributed by atoms with van der Waals surface area (Å²) in [4.78, 5) is 0. The molecular weight excluding hydrogens is 352 g/mol. The zero-order valence-corrected chi connectivity index (χ0v) is 18.2. The van der Waals surface area contributed by atoms with Gasteiger partial charge in [0.25, 0.3) is 0 Å². The van der Waals surface area contributed by atoms with E-state index in [-0.39, 0.29) is 10.8 Å². The van der Waals surface area contributed by atoms with Crippen LogP contribution in [0.5, 0.6) is 5.75 Å². The van der Waals surface area contributed by atoms with Gasteiger partial charge in [0.15, 0.2) is 0 Å². The number of hydrogen-bond donors (Lipinski definition) is 1. The number of hydrogen-bond acceptors (Lipinski definition) is 1. The Balaban J connectivity index is 1.80. The van der Waals surface area contributed by atoms with Crippen LogP contribution in [0.3, 0.4) is 0 Å². The Morgan fingerprint density at radius 1 is 0.862 bits per heavy atom. The topological polar surface area (TPSA) is 20.2 Å². The summed E-state index contributed by atoms with van der Waals surface area (Å²) in [6, 6.07) is 15.7. The molecule has 3 aromatic rings. The van der Waals surface area contributed by atoms with Crippen molar-refractivity contribution in [2.45, 2.75) is 59.3 Å². The van der Waals surface area contributed by atoms with Crippen LogP contribution in [0.4, 0.5) is 0 Å². The van der Waals surface area contributed by atoms with Gasteiger partial charge >= 0.3 is 0 Å². The van der Waals surface area contributed by atoms with Gasteiger partial charge in [0, 0.05) is 10.8 Å². The van der Waals surface area contributed by atoms with Crippen LogP contribution < -0.4 is 0 Å². The average Bonchev–Trinajstić information content (AvgIpc) is 3.13. The van der Waals surface area contributed by atoms with Crippen molar-refractivity contribution in [2.75, 3.05) is 0 Å². The Morgan fingerprint density at radius 2 is 1.59 bits per heavy atom. The molecule has 1 nitrogen and oxygen atoms in total. The molecule has 0 saturated heterocycles. The molecule has 2 bridgehead atoms. The van der Waals surface area contributed by atoms with E-state index in [0.29, 0.717) is 11.2 Å². The maximum Gasteiger partial charge on any atom is 0.123 e. The predicted octanol–water partition coefficient (Wildman–Crippen LogP) is 7.27. The summed E-state index contributed by atoms with van der Waals surface area (Å²) in [5.41, 5.74) is 8.69. The number of aromatic hydroxyl groups is 1. The molecule has 0 radical (unpaired) electrons. The summed E-state index contributed by atoms with van der Waals surface area (Å²) in [6.07, 6.45) is 3.81. The van der Waals surface area contributed by atoms with Crippen molar-refractivity contribution in [3.63, 3.8) is 0 Å². The minimum absolute atomic E-state index is 0.00661.